The second kappa shape index (κ2) is 5.97. The van der Waals surface area contributed by atoms with Crippen molar-refractivity contribution >= 4 is 34.8 Å². The molecule has 1 N–H and O–H groups in total. The SMILES string of the molecule is CC(NC(=O)c1cc([N+](=O)[O-])cc(Cl)c1Cl)C(C)(C)C. The molecule has 1 atom stereocenters. The number of hydrogen-bond donors (Lipinski definition) is 1. The van der Waals surface area contributed by atoms with E-state index in [-0.39, 0.29) is 32.8 Å². The first-order valence-corrected chi connectivity index (χ1v) is 6.74. The Labute approximate surface area is 127 Å². The first-order chi connectivity index (χ1) is 9.04. The summed E-state index contributed by atoms with van der Waals surface area (Å²) in [6.07, 6.45) is 0. The van der Waals surface area contributed by atoms with Gasteiger partial charge in [0.1, 0.15) is 0 Å². The van der Waals surface area contributed by atoms with Gasteiger partial charge in [0.05, 0.1) is 20.5 Å². The molecule has 0 bridgehead atoms. The molecule has 1 aromatic carbocycles. The Hall–Kier alpha value is -1.33. The smallest absolute Gasteiger partial charge is 0.271 e. The summed E-state index contributed by atoms with van der Waals surface area (Å²) in [6, 6.07) is 2.11. The van der Waals surface area contributed by atoms with Crippen LogP contribution in [-0.2, 0) is 0 Å². The lowest BCUT2D eigenvalue weighted by atomic mass is 9.88. The zero-order valence-electron chi connectivity index (χ0n) is 11.7. The lowest BCUT2D eigenvalue weighted by Crippen LogP contribution is -2.41. The van der Waals surface area contributed by atoms with Crippen molar-refractivity contribution in [2.75, 3.05) is 0 Å². The number of amides is 1. The van der Waals surface area contributed by atoms with Gasteiger partial charge < -0.3 is 5.32 Å². The summed E-state index contributed by atoms with van der Waals surface area (Å²) in [5.74, 6) is -0.483. The number of halogens is 2. The predicted octanol–water partition coefficient (Wildman–Crippen LogP) is 4.07. The fourth-order valence-corrected chi connectivity index (χ4v) is 1.74. The van der Waals surface area contributed by atoms with Gasteiger partial charge in [-0.25, -0.2) is 0 Å². The fraction of sp³-hybridized carbons (Fsp3) is 0.462. The number of carbonyl (C=O) groups is 1. The van der Waals surface area contributed by atoms with Crippen molar-refractivity contribution in [1.82, 2.24) is 5.32 Å². The van der Waals surface area contributed by atoms with Gasteiger partial charge in [-0.3, -0.25) is 14.9 Å². The second-order valence-corrected chi connectivity index (χ2v) is 6.39. The van der Waals surface area contributed by atoms with Crippen LogP contribution in [0.2, 0.25) is 10.0 Å². The number of carbonyl (C=O) groups excluding carboxylic acids is 1. The van der Waals surface area contributed by atoms with Crippen molar-refractivity contribution in [3.8, 4) is 0 Å². The van der Waals surface area contributed by atoms with E-state index < -0.39 is 10.8 Å². The maximum atomic E-state index is 12.2. The second-order valence-electron chi connectivity index (χ2n) is 5.61. The van der Waals surface area contributed by atoms with Crippen molar-refractivity contribution < 1.29 is 9.72 Å². The molecule has 0 radical (unpaired) electrons. The molecule has 0 heterocycles. The van der Waals surface area contributed by atoms with Crippen LogP contribution in [0.1, 0.15) is 38.1 Å². The van der Waals surface area contributed by atoms with Gasteiger partial charge in [-0.1, -0.05) is 44.0 Å². The van der Waals surface area contributed by atoms with Gasteiger partial charge in [-0.05, 0) is 12.3 Å². The molecule has 1 aromatic rings. The summed E-state index contributed by atoms with van der Waals surface area (Å²) in [4.78, 5) is 22.3. The molecule has 0 saturated heterocycles. The Balaban J connectivity index is 3.13. The maximum absolute atomic E-state index is 12.2. The van der Waals surface area contributed by atoms with E-state index in [1.165, 1.54) is 0 Å². The normalized spacial score (nSPS) is 12.9. The Morgan fingerprint density at radius 3 is 2.35 bits per heavy atom. The van der Waals surface area contributed by atoms with Crippen molar-refractivity contribution in [2.45, 2.75) is 33.7 Å². The van der Waals surface area contributed by atoms with Gasteiger partial charge in [-0.15, -0.1) is 0 Å². The molecule has 1 rings (SSSR count). The molecule has 7 heteroatoms. The molecule has 0 spiro atoms. The number of nitro benzene ring substituents is 1. The van der Waals surface area contributed by atoms with Crippen LogP contribution in [0.15, 0.2) is 12.1 Å². The third-order valence-electron chi connectivity index (χ3n) is 3.12. The number of rotatable bonds is 3. The highest BCUT2D eigenvalue weighted by Gasteiger charge is 2.25. The van der Waals surface area contributed by atoms with E-state index in [0.717, 1.165) is 12.1 Å². The molecule has 0 saturated carbocycles. The van der Waals surface area contributed by atoms with Crippen molar-refractivity contribution in [3.63, 3.8) is 0 Å². The standard InChI is InChI=1S/C13H16Cl2N2O3/c1-7(13(2,3)4)16-12(18)9-5-8(17(19)20)6-10(14)11(9)15/h5-7H,1-4H3,(H,16,18). The minimum Gasteiger partial charge on any atom is -0.349 e. The first kappa shape index (κ1) is 16.7. The van der Waals surface area contributed by atoms with E-state index in [1.54, 1.807) is 0 Å². The zero-order chi connectivity index (χ0) is 15.7. The molecule has 0 aliphatic carbocycles. The van der Waals surface area contributed by atoms with Crippen molar-refractivity contribution in [3.05, 3.63) is 37.9 Å². The molecule has 110 valence electrons. The first-order valence-electron chi connectivity index (χ1n) is 5.98. The van der Waals surface area contributed by atoms with E-state index in [9.17, 15) is 14.9 Å². The van der Waals surface area contributed by atoms with E-state index >= 15 is 0 Å². The molecule has 20 heavy (non-hydrogen) atoms. The molecule has 5 nitrogen and oxygen atoms in total. The van der Waals surface area contributed by atoms with Gasteiger partial charge in [0, 0.05) is 18.2 Å². The molecule has 0 aromatic heterocycles. The topological polar surface area (TPSA) is 72.2 Å². The average molecular weight is 319 g/mol. The van der Waals surface area contributed by atoms with Crippen LogP contribution in [0, 0.1) is 15.5 Å². The van der Waals surface area contributed by atoms with Crippen LogP contribution in [-0.4, -0.2) is 16.9 Å². The number of non-ortho nitro benzene ring substituents is 1. The monoisotopic (exact) mass is 318 g/mol. The molecule has 0 aliphatic rings. The van der Waals surface area contributed by atoms with E-state index in [4.69, 9.17) is 23.2 Å². The van der Waals surface area contributed by atoms with Crippen molar-refractivity contribution in [1.29, 1.82) is 0 Å². The van der Waals surface area contributed by atoms with Crippen molar-refractivity contribution in [2.24, 2.45) is 5.41 Å². The van der Waals surface area contributed by atoms with Crippen LogP contribution < -0.4 is 5.32 Å². The minimum atomic E-state index is -0.619. The quantitative estimate of drug-likeness (QED) is 0.674. The highest BCUT2D eigenvalue weighted by atomic mass is 35.5. The summed E-state index contributed by atoms with van der Waals surface area (Å²) in [5.41, 5.74) is -0.415. The van der Waals surface area contributed by atoms with Crippen LogP contribution in [0.3, 0.4) is 0 Å². The number of nitrogens with zero attached hydrogens (tertiary/aromatic N) is 1. The van der Waals surface area contributed by atoms with Crippen LogP contribution in [0.4, 0.5) is 5.69 Å². The summed E-state index contributed by atoms with van der Waals surface area (Å²) >= 11 is 11.8. The maximum Gasteiger partial charge on any atom is 0.271 e. The van der Waals surface area contributed by atoms with Gasteiger partial charge >= 0.3 is 0 Å². The molecule has 1 amide bonds. The Bertz CT molecular complexity index is 553. The Kier molecular flexibility index (Phi) is 5.00. The van der Waals surface area contributed by atoms with E-state index in [0.29, 0.717) is 0 Å². The van der Waals surface area contributed by atoms with Crippen LogP contribution in [0.5, 0.6) is 0 Å². The highest BCUT2D eigenvalue weighted by Crippen LogP contribution is 2.31. The Morgan fingerprint density at radius 1 is 1.35 bits per heavy atom. The summed E-state index contributed by atoms with van der Waals surface area (Å²) in [6.45, 7) is 7.77. The summed E-state index contributed by atoms with van der Waals surface area (Å²) < 4.78 is 0. The molecular weight excluding hydrogens is 303 g/mol. The molecule has 1 unspecified atom stereocenters. The predicted molar refractivity (Wildman–Crippen MR) is 79.5 cm³/mol. The van der Waals surface area contributed by atoms with Crippen LogP contribution >= 0.6 is 23.2 Å². The Morgan fingerprint density at radius 2 is 1.90 bits per heavy atom. The van der Waals surface area contributed by atoms with Gasteiger partial charge in [0.25, 0.3) is 11.6 Å². The molecule has 0 fully saturated rings. The summed E-state index contributed by atoms with van der Waals surface area (Å²) in [7, 11) is 0. The zero-order valence-corrected chi connectivity index (χ0v) is 13.2. The third-order valence-corrected chi connectivity index (χ3v) is 3.92. The summed E-state index contributed by atoms with van der Waals surface area (Å²) in [5, 5.41) is 13.5. The number of nitrogens with one attached hydrogen (secondary N) is 1. The van der Waals surface area contributed by atoms with Gasteiger partial charge in [0.2, 0.25) is 0 Å². The fourth-order valence-electron chi connectivity index (χ4n) is 1.34. The molecule has 0 aliphatic heterocycles. The number of benzene rings is 1. The number of hydrogen-bond acceptors (Lipinski definition) is 3. The lowest BCUT2D eigenvalue weighted by Gasteiger charge is -2.28. The van der Waals surface area contributed by atoms with E-state index in [2.05, 4.69) is 5.32 Å². The lowest BCUT2D eigenvalue weighted by molar-refractivity contribution is -0.384. The highest BCUT2D eigenvalue weighted by molar-refractivity contribution is 6.44. The van der Waals surface area contributed by atoms with Crippen LogP contribution in [0.25, 0.3) is 0 Å². The average Bonchev–Trinajstić information content (AvgIpc) is 2.30. The minimum absolute atomic E-state index is 0.00182. The number of nitro groups is 1. The van der Waals surface area contributed by atoms with E-state index in [1.807, 2.05) is 27.7 Å². The van der Waals surface area contributed by atoms with Gasteiger partial charge in [-0.2, -0.15) is 0 Å². The third kappa shape index (κ3) is 3.84. The molecular formula is C13H16Cl2N2O3. The van der Waals surface area contributed by atoms with Gasteiger partial charge in [0.15, 0.2) is 0 Å². The largest absolute Gasteiger partial charge is 0.349 e.